The van der Waals surface area contributed by atoms with E-state index in [2.05, 4.69) is 15.0 Å². The molecule has 8 nitrogen and oxygen atoms in total. The Kier molecular flexibility index (Phi) is 5.00. The van der Waals surface area contributed by atoms with Gasteiger partial charge < -0.3 is 4.52 Å². The van der Waals surface area contributed by atoms with Gasteiger partial charge in [-0.1, -0.05) is 12.1 Å². The Morgan fingerprint density at radius 2 is 1.70 bits per heavy atom. The molecule has 9 heteroatoms. The van der Waals surface area contributed by atoms with Gasteiger partial charge in [-0.15, -0.1) is 0 Å². The van der Waals surface area contributed by atoms with Crippen LogP contribution in [0.5, 0.6) is 0 Å². The van der Waals surface area contributed by atoms with E-state index in [1.165, 1.54) is 0 Å². The summed E-state index contributed by atoms with van der Waals surface area (Å²) in [7, 11) is -3.29. The van der Waals surface area contributed by atoms with Crippen molar-refractivity contribution in [3.8, 4) is 0 Å². The van der Waals surface area contributed by atoms with Gasteiger partial charge in [-0.2, -0.15) is 22.0 Å². The molecule has 1 aromatic rings. The highest BCUT2D eigenvalue weighted by molar-refractivity contribution is 7.86. The first-order valence-corrected chi connectivity index (χ1v) is 9.74. The lowest BCUT2D eigenvalue weighted by molar-refractivity contribution is 0.121. The summed E-state index contributed by atoms with van der Waals surface area (Å²) in [6.45, 7) is 7.70. The van der Waals surface area contributed by atoms with Crippen LogP contribution >= 0.6 is 0 Å². The standard InChI is InChI=1S/C14H25N5O3S/c1-3-13-15-14(22-16-13)12(2)17-8-10-19(11-9-17)23(20,21)18-6-4-5-7-18/h12H,3-11H2,1-2H3/t12-/m1/s1. The molecule has 3 heterocycles. The third-order valence-electron chi connectivity index (χ3n) is 4.70. The van der Waals surface area contributed by atoms with E-state index in [1.807, 2.05) is 13.8 Å². The molecule has 0 aromatic carbocycles. The number of rotatable bonds is 5. The minimum absolute atomic E-state index is 0.0134. The van der Waals surface area contributed by atoms with Crippen LogP contribution in [0.1, 0.15) is 44.4 Å². The molecule has 0 amide bonds. The van der Waals surface area contributed by atoms with Crippen molar-refractivity contribution in [1.82, 2.24) is 23.7 Å². The van der Waals surface area contributed by atoms with Crippen LogP contribution in [-0.2, 0) is 16.6 Å². The summed E-state index contributed by atoms with van der Waals surface area (Å²) in [6, 6.07) is 0.0134. The summed E-state index contributed by atoms with van der Waals surface area (Å²) >= 11 is 0. The van der Waals surface area contributed by atoms with Crippen LogP contribution in [0.4, 0.5) is 0 Å². The SMILES string of the molecule is CCc1noc([C@@H](C)N2CCN(S(=O)(=O)N3CCCC3)CC2)n1. The topological polar surface area (TPSA) is 82.8 Å². The van der Waals surface area contributed by atoms with Crippen molar-refractivity contribution in [2.24, 2.45) is 0 Å². The molecule has 1 aromatic heterocycles. The van der Waals surface area contributed by atoms with E-state index in [-0.39, 0.29) is 6.04 Å². The molecule has 1 atom stereocenters. The molecule has 0 N–H and O–H groups in total. The van der Waals surface area contributed by atoms with Gasteiger partial charge in [0.2, 0.25) is 5.89 Å². The molecule has 0 bridgehead atoms. The van der Waals surface area contributed by atoms with E-state index in [9.17, 15) is 8.42 Å². The first-order valence-electron chi connectivity index (χ1n) is 8.34. The Balaban J connectivity index is 1.59. The Hall–Kier alpha value is -1.03. The number of aromatic nitrogens is 2. The molecule has 2 aliphatic heterocycles. The van der Waals surface area contributed by atoms with Gasteiger partial charge in [-0.05, 0) is 19.8 Å². The maximum absolute atomic E-state index is 12.6. The van der Waals surface area contributed by atoms with Gasteiger partial charge in [-0.25, -0.2) is 0 Å². The fourth-order valence-corrected chi connectivity index (χ4v) is 4.81. The molecule has 2 saturated heterocycles. The van der Waals surface area contributed by atoms with Crippen LogP contribution < -0.4 is 0 Å². The largest absolute Gasteiger partial charge is 0.338 e. The number of piperazine rings is 1. The van der Waals surface area contributed by atoms with Gasteiger partial charge in [0.05, 0.1) is 6.04 Å². The lowest BCUT2D eigenvalue weighted by Crippen LogP contribution is -2.52. The van der Waals surface area contributed by atoms with E-state index in [1.54, 1.807) is 8.61 Å². The zero-order valence-corrected chi connectivity index (χ0v) is 14.6. The Labute approximate surface area is 137 Å². The summed E-state index contributed by atoms with van der Waals surface area (Å²) in [5, 5.41) is 3.93. The highest BCUT2D eigenvalue weighted by Crippen LogP contribution is 2.23. The molecule has 0 unspecified atom stereocenters. The van der Waals surface area contributed by atoms with Crippen molar-refractivity contribution >= 4 is 10.2 Å². The molecular weight excluding hydrogens is 318 g/mol. The fourth-order valence-electron chi connectivity index (χ4n) is 3.14. The van der Waals surface area contributed by atoms with Gasteiger partial charge in [-0.3, -0.25) is 4.90 Å². The van der Waals surface area contributed by atoms with Gasteiger partial charge in [0.1, 0.15) is 0 Å². The molecule has 23 heavy (non-hydrogen) atoms. The first kappa shape index (κ1) is 16.8. The van der Waals surface area contributed by atoms with E-state index >= 15 is 0 Å². The zero-order chi connectivity index (χ0) is 16.4. The van der Waals surface area contributed by atoms with Crippen LogP contribution in [0.3, 0.4) is 0 Å². The van der Waals surface area contributed by atoms with Gasteiger partial charge in [0, 0.05) is 45.7 Å². The van der Waals surface area contributed by atoms with Crippen molar-refractivity contribution in [1.29, 1.82) is 0 Å². The molecule has 0 saturated carbocycles. The maximum Gasteiger partial charge on any atom is 0.282 e. The smallest absolute Gasteiger partial charge is 0.282 e. The molecule has 2 aliphatic rings. The van der Waals surface area contributed by atoms with Gasteiger partial charge in [0.15, 0.2) is 5.82 Å². The molecule has 130 valence electrons. The minimum Gasteiger partial charge on any atom is -0.338 e. The summed E-state index contributed by atoms with van der Waals surface area (Å²) in [4.78, 5) is 6.57. The van der Waals surface area contributed by atoms with Crippen LogP contribution in [0.25, 0.3) is 0 Å². The maximum atomic E-state index is 12.6. The highest BCUT2D eigenvalue weighted by Gasteiger charge is 2.35. The number of hydrogen-bond donors (Lipinski definition) is 0. The lowest BCUT2D eigenvalue weighted by Gasteiger charge is -2.37. The highest BCUT2D eigenvalue weighted by atomic mass is 32.2. The second-order valence-electron chi connectivity index (χ2n) is 6.13. The van der Waals surface area contributed by atoms with E-state index < -0.39 is 10.2 Å². The second kappa shape index (κ2) is 6.84. The third-order valence-corrected chi connectivity index (χ3v) is 6.73. The Morgan fingerprint density at radius 3 is 2.26 bits per heavy atom. The molecule has 0 radical (unpaired) electrons. The van der Waals surface area contributed by atoms with E-state index in [0.29, 0.717) is 51.0 Å². The molecule has 2 fully saturated rings. The number of nitrogens with zero attached hydrogens (tertiary/aromatic N) is 5. The second-order valence-corrected chi connectivity index (χ2v) is 8.06. The van der Waals surface area contributed by atoms with Gasteiger partial charge in [0.25, 0.3) is 10.2 Å². The average molecular weight is 343 g/mol. The number of hydrogen-bond acceptors (Lipinski definition) is 6. The predicted octanol–water partition coefficient (Wildman–Crippen LogP) is 0.651. The predicted molar refractivity (Wildman–Crippen MR) is 85.0 cm³/mol. The van der Waals surface area contributed by atoms with Crippen LogP contribution in [0.2, 0.25) is 0 Å². The van der Waals surface area contributed by atoms with Crippen molar-refractivity contribution < 1.29 is 12.9 Å². The van der Waals surface area contributed by atoms with Crippen molar-refractivity contribution in [3.63, 3.8) is 0 Å². The lowest BCUT2D eigenvalue weighted by atomic mass is 10.2. The van der Waals surface area contributed by atoms with Crippen molar-refractivity contribution in [2.75, 3.05) is 39.3 Å². The third kappa shape index (κ3) is 3.42. The first-order chi connectivity index (χ1) is 11.0. The number of aryl methyl sites for hydroxylation is 1. The Morgan fingerprint density at radius 1 is 1.09 bits per heavy atom. The summed E-state index contributed by atoms with van der Waals surface area (Å²) < 4.78 is 33.7. The van der Waals surface area contributed by atoms with Crippen molar-refractivity contribution in [3.05, 3.63) is 11.7 Å². The molecule has 0 spiro atoms. The van der Waals surface area contributed by atoms with Crippen LogP contribution in [0.15, 0.2) is 4.52 Å². The normalized spacial score (nSPS) is 23.4. The quantitative estimate of drug-likeness (QED) is 0.781. The van der Waals surface area contributed by atoms with Crippen molar-refractivity contribution in [2.45, 2.75) is 39.2 Å². The van der Waals surface area contributed by atoms with E-state index in [4.69, 9.17) is 4.52 Å². The van der Waals surface area contributed by atoms with E-state index in [0.717, 1.165) is 19.3 Å². The zero-order valence-electron chi connectivity index (χ0n) is 13.8. The monoisotopic (exact) mass is 343 g/mol. The Bertz CT molecular complexity index is 618. The summed E-state index contributed by atoms with van der Waals surface area (Å²) in [6.07, 6.45) is 2.68. The summed E-state index contributed by atoms with van der Waals surface area (Å²) in [5.41, 5.74) is 0. The minimum atomic E-state index is -3.29. The van der Waals surface area contributed by atoms with Crippen LogP contribution in [0, 0.1) is 0 Å². The summed E-state index contributed by atoms with van der Waals surface area (Å²) in [5.74, 6) is 1.32. The molecule has 3 rings (SSSR count). The molecule has 0 aliphatic carbocycles. The molecular formula is C14H25N5O3S. The van der Waals surface area contributed by atoms with Gasteiger partial charge >= 0.3 is 0 Å². The average Bonchev–Trinajstić information content (AvgIpc) is 3.25. The van der Waals surface area contributed by atoms with Crippen LogP contribution in [-0.4, -0.2) is 71.3 Å². The fraction of sp³-hybridized carbons (Fsp3) is 0.857.